The molecule has 1 aliphatic rings. The van der Waals surface area contributed by atoms with E-state index >= 15 is 0 Å². The quantitative estimate of drug-likeness (QED) is 0.749. The number of rotatable bonds is 3. The molecule has 0 saturated heterocycles. The van der Waals surface area contributed by atoms with Crippen molar-refractivity contribution in [2.45, 2.75) is 26.4 Å². The molecule has 78 valence electrons. The zero-order chi connectivity index (χ0) is 10.5. The summed E-state index contributed by atoms with van der Waals surface area (Å²) in [5.74, 6) is 0.989. The number of ether oxygens (including phenoxy) is 1. The Morgan fingerprint density at radius 2 is 2.40 bits per heavy atom. The first-order chi connectivity index (χ1) is 7.34. The number of nitrogens with zero attached hydrogens (tertiary/aromatic N) is 1. The second-order valence-electron chi connectivity index (χ2n) is 3.79. The van der Waals surface area contributed by atoms with E-state index in [2.05, 4.69) is 24.1 Å². The third kappa shape index (κ3) is 2.94. The van der Waals surface area contributed by atoms with Gasteiger partial charge in [-0.3, -0.25) is 4.98 Å². The van der Waals surface area contributed by atoms with Gasteiger partial charge in [0.15, 0.2) is 0 Å². The predicted molar refractivity (Wildman–Crippen MR) is 60.1 cm³/mol. The number of hydrogen-bond acceptors (Lipinski definition) is 2. The highest BCUT2D eigenvalue weighted by molar-refractivity contribution is 5.22. The van der Waals surface area contributed by atoms with Gasteiger partial charge in [-0.05, 0) is 38.0 Å². The smallest absolute Gasteiger partial charge is 0.115 e. The summed E-state index contributed by atoms with van der Waals surface area (Å²) in [7, 11) is 0. The standard InChI is InChI=1S/C13H15NO/c1-11-4-2-6-13(8-11)15-10-12-5-3-7-14-9-12/h3,5-9H,2,4,10H2,1H3. The fourth-order valence-corrected chi connectivity index (χ4v) is 1.57. The molecule has 0 atom stereocenters. The molecular weight excluding hydrogens is 186 g/mol. The van der Waals surface area contributed by atoms with Gasteiger partial charge in [-0.1, -0.05) is 11.6 Å². The van der Waals surface area contributed by atoms with Gasteiger partial charge in [-0.2, -0.15) is 0 Å². The molecule has 1 aromatic heterocycles. The summed E-state index contributed by atoms with van der Waals surface area (Å²) in [6.07, 6.45) is 10.1. The molecule has 2 heteroatoms. The van der Waals surface area contributed by atoms with Crippen LogP contribution in [0.4, 0.5) is 0 Å². The van der Waals surface area contributed by atoms with Crippen LogP contribution in [-0.4, -0.2) is 4.98 Å². The van der Waals surface area contributed by atoms with E-state index in [0.717, 1.165) is 24.2 Å². The first kappa shape index (κ1) is 9.97. The molecule has 2 nitrogen and oxygen atoms in total. The monoisotopic (exact) mass is 201 g/mol. The van der Waals surface area contributed by atoms with Crippen LogP contribution in [0, 0.1) is 0 Å². The van der Waals surface area contributed by atoms with E-state index in [1.165, 1.54) is 5.57 Å². The maximum atomic E-state index is 5.68. The number of hydrogen-bond donors (Lipinski definition) is 0. The van der Waals surface area contributed by atoms with Crippen LogP contribution in [0.15, 0.2) is 48.0 Å². The van der Waals surface area contributed by atoms with Crippen LogP contribution in [0.5, 0.6) is 0 Å². The summed E-state index contributed by atoms with van der Waals surface area (Å²) in [6.45, 7) is 2.74. The number of allylic oxidation sites excluding steroid dienone is 3. The van der Waals surface area contributed by atoms with E-state index in [4.69, 9.17) is 4.74 Å². The molecule has 1 heterocycles. The molecule has 0 amide bonds. The minimum Gasteiger partial charge on any atom is -0.489 e. The minimum atomic E-state index is 0.601. The van der Waals surface area contributed by atoms with Crippen molar-refractivity contribution in [3.63, 3.8) is 0 Å². The lowest BCUT2D eigenvalue weighted by molar-refractivity contribution is 0.208. The van der Waals surface area contributed by atoms with Crippen molar-refractivity contribution in [2.24, 2.45) is 0 Å². The third-order valence-corrected chi connectivity index (χ3v) is 2.40. The lowest BCUT2D eigenvalue weighted by Gasteiger charge is -2.12. The summed E-state index contributed by atoms with van der Waals surface area (Å²) in [5, 5.41) is 0. The maximum absolute atomic E-state index is 5.68. The molecule has 0 unspecified atom stereocenters. The fraction of sp³-hybridized carbons (Fsp3) is 0.308. The lowest BCUT2D eigenvalue weighted by Crippen LogP contribution is -1.96. The molecule has 0 aliphatic heterocycles. The van der Waals surface area contributed by atoms with Crippen LogP contribution < -0.4 is 0 Å². The Labute approximate surface area is 90.3 Å². The van der Waals surface area contributed by atoms with Crippen molar-refractivity contribution in [3.8, 4) is 0 Å². The zero-order valence-corrected chi connectivity index (χ0v) is 8.94. The summed E-state index contributed by atoms with van der Waals surface area (Å²) in [4.78, 5) is 4.05. The molecule has 0 aromatic carbocycles. The average Bonchev–Trinajstić information content (AvgIpc) is 2.28. The molecule has 1 aliphatic carbocycles. The van der Waals surface area contributed by atoms with E-state index < -0.39 is 0 Å². The van der Waals surface area contributed by atoms with Crippen molar-refractivity contribution in [1.29, 1.82) is 0 Å². The van der Waals surface area contributed by atoms with E-state index in [-0.39, 0.29) is 0 Å². The van der Waals surface area contributed by atoms with Gasteiger partial charge in [0.2, 0.25) is 0 Å². The van der Waals surface area contributed by atoms with Crippen LogP contribution in [0.25, 0.3) is 0 Å². The maximum Gasteiger partial charge on any atom is 0.115 e. The van der Waals surface area contributed by atoms with E-state index in [9.17, 15) is 0 Å². The van der Waals surface area contributed by atoms with Gasteiger partial charge < -0.3 is 4.74 Å². The number of aromatic nitrogens is 1. The molecule has 0 spiro atoms. The van der Waals surface area contributed by atoms with Crippen molar-refractivity contribution in [3.05, 3.63) is 53.6 Å². The predicted octanol–water partition coefficient (Wildman–Crippen LogP) is 3.22. The van der Waals surface area contributed by atoms with Crippen LogP contribution in [0.2, 0.25) is 0 Å². The van der Waals surface area contributed by atoms with Gasteiger partial charge in [0.1, 0.15) is 12.4 Å². The van der Waals surface area contributed by atoms with Crippen LogP contribution in [0.3, 0.4) is 0 Å². The molecule has 0 fully saturated rings. The second kappa shape index (κ2) is 4.78. The fourth-order valence-electron chi connectivity index (χ4n) is 1.57. The molecule has 15 heavy (non-hydrogen) atoms. The second-order valence-corrected chi connectivity index (χ2v) is 3.79. The summed E-state index contributed by atoms with van der Waals surface area (Å²) in [6, 6.07) is 3.95. The Bertz CT molecular complexity index is 379. The Balaban J connectivity index is 1.92. The SMILES string of the molecule is CC1=CC(OCc2cccnc2)=CCC1. The van der Waals surface area contributed by atoms with Crippen molar-refractivity contribution in [1.82, 2.24) is 4.98 Å². The van der Waals surface area contributed by atoms with Gasteiger partial charge in [0.25, 0.3) is 0 Å². The first-order valence-electron chi connectivity index (χ1n) is 5.23. The van der Waals surface area contributed by atoms with Crippen LogP contribution >= 0.6 is 0 Å². The first-order valence-corrected chi connectivity index (χ1v) is 5.23. The van der Waals surface area contributed by atoms with Gasteiger partial charge in [-0.25, -0.2) is 0 Å². The lowest BCUT2D eigenvalue weighted by atomic mass is 10.1. The minimum absolute atomic E-state index is 0.601. The molecule has 0 radical (unpaired) electrons. The molecular formula is C13H15NO. The van der Waals surface area contributed by atoms with E-state index in [1.54, 1.807) is 6.20 Å². The van der Waals surface area contributed by atoms with Gasteiger partial charge >= 0.3 is 0 Å². The summed E-state index contributed by atoms with van der Waals surface area (Å²) < 4.78 is 5.68. The molecule has 0 saturated carbocycles. The molecule has 2 rings (SSSR count). The molecule has 1 aromatic rings. The van der Waals surface area contributed by atoms with Crippen molar-refractivity contribution >= 4 is 0 Å². The van der Waals surface area contributed by atoms with Gasteiger partial charge in [0.05, 0.1) is 0 Å². The van der Waals surface area contributed by atoms with Crippen molar-refractivity contribution in [2.75, 3.05) is 0 Å². The van der Waals surface area contributed by atoms with Crippen molar-refractivity contribution < 1.29 is 4.74 Å². The number of pyridine rings is 1. The Morgan fingerprint density at radius 1 is 1.47 bits per heavy atom. The normalized spacial score (nSPS) is 15.5. The topological polar surface area (TPSA) is 22.1 Å². The summed E-state index contributed by atoms with van der Waals surface area (Å²) in [5.41, 5.74) is 2.49. The average molecular weight is 201 g/mol. The highest BCUT2D eigenvalue weighted by Gasteiger charge is 2.02. The molecule has 0 bridgehead atoms. The Morgan fingerprint density at radius 3 is 3.13 bits per heavy atom. The Kier molecular flexibility index (Phi) is 3.18. The highest BCUT2D eigenvalue weighted by atomic mass is 16.5. The molecule has 0 N–H and O–H groups in total. The third-order valence-electron chi connectivity index (χ3n) is 2.40. The van der Waals surface area contributed by atoms with E-state index in [0.29, 0.717) is 6.61 Å². The van der Waals surface area contributed by atoms with Gasteiger partial charge in [0, 0.05) is 18.0 Å². The zero-order valence-electron chi connectivity index (χ0n) is 8.94. The Hall–Kier alpha value is -1.57. The largest absolute Gasteiger partial charge is 0.489 e. The van der Waals surface area contributed by atoms with Crippen LogP contribution in [0.1, 0.15) is 25.3 Å². The van der Waals surface area contributed by atoms with Gasteiger partial charge in [-0.15, -0.1) is 0 Å². The van der Waals surface area contributed by atoms with E-state index in [1.807, 2.05) is 18.3 Å². The van der Waals surface area contributed by atoms with Crippen LogP contribution in [-0.2, 0) is 11.3 Å². The summed E-state index contributed by atoms with van der Waals surface area (Å²) >= 11 is 0. The highest BCUT2D eigenvalue weighted by Crippen LogP contribution is 2.18.